The van der Waals surface area contributed by atoms with Gasteiger partial charge < -0.3 is 0 Å². The van der Waals surface area contributed by atoms with Crippen LogP contribution in [0.25, 0.3) is 0 Å². The van der Waals surface area contributed by atoms with Gasteiger partial charge in [0.2, 0.25) is 0 Å². The average Bonchev–Trinajstić information content (AvgIpc) is 2.05. The highest BCUT2D eigenvalue weighted by Crippen LogP contribution is 2.30. The van der Waals surface area contributed by atoms with E-state index in [0.717, 1.165) is 11.8 Å². The molecule has 1 aliphatic rings. The van der Waals surface area contributed by atoms with E-state index in [1.54, 1.807) is 0 Å². The Kier molecular flexibility index (Phi) is 3.74. The third kappa shape index (κ3) is 2.26. The molecule has 1 aliphatic carbocycles. The first kappa shape index (κ1) is 8.57. The van der Waals surface area contributed by atoms with Gasteiger partial charge >= 0.3 is 0 Å². The van der Waals surface area contributed by atoms with Crippen LogP contribution < -0.4 is 0 Å². The molecular weight excluding hydrogens is 235 g/mol. The SMILES string of the molecule is C=CC1CCC(CI)CC1. The van der Waals surface area contributed by atoms with Crippen LogP contribution in [0.1, 0.15) is 25.7 Å². The topological polar surface area (TPSA) is 0 Å². The number of halogens is 1. The van der Waals surface area contributed by atoms with E-state index in [2.05, 4.69) is 35.2 Å². The summed E-state index contributed by atoms with van der Waals surface area (Å²) in [6.07, 6.45) is 7.76. The van der Waals surface area contributed by atoms with Crippen LogP contribution in [0.2, 0.25) is 0 Å². The van der Waals surface area contributed by atoms with Gasteiger partial charge in [0.25, 0.3) is 0 Å². The molecule has 0 N–H and O–H groups in total. The highest BCUT2D eigenvalue weighted by Gasteiger charge is 2.17. The molecule has 10 heavy (non-hydrogen) atoms. The number of hydrogen-bond donors (Lipinski definition) is 0. The average molecular weight is 250 g/mol. The van der Waals surface area contributed by atoms with E-state index >= 15 is 0 Å². The van der Waals surface area contributed by atoms with Crippen LogP contribution in [0.3, 0.4) is 0 Å². The molecule has 0 bridgehead atoms. The molecule has 0 aromatic rings. The molecule has 0 aliphatic heterocycles. The minimum Gasteiger partial charge on any atom is -0.103 e. The van der Waals surface area contributed by atoms with E-state index in [1.807, 2.05) is 0 Å². The maximum Gasteiger partial charge on any atom is 0.00237 e. The van der Waals surface area contributed by atoms with Gasteiger partial charge in [-0.2, -0.15) is 0 Å². The molecule has 0 spiro atoms. The molecule has 1 fully saturated rings. The Bertz CT molecular complexity index is 101. The zero-order valence-electron chi connectivity index (χ0n) is 6.35. The highest BCUT2D eigenvalue weighted by molar-refractivity contribution is 14.1. The van der Waals surface area contributed by atoms with Crippen molar-refractivity contribution in [2.75, 3.05) is 4.43 Å². The quantitative estimate of drug-likeness (QED) is 0.400. The molecular formula is C9H15I. The first-order chi connectivity index (χ1) is 4.86. The van der Waals surface area contributed by atoms with Gasteiger partial charge in [-0.05, 0) is 37.5 Å². The van der Waals surface area contributed by atoms with Crippen molar-refractivity contribution in [1.82, 2.24) is 0 Å². The van der Waals surface area contributed by atoms with Crippen molar-refractivity contribution in [2.45, 2.75) is 25.7 Å². The lowest BCUT2D eigenvalue weighted by Crippen LogP contribution is -2.13. The van der Waals surface area contributed by atoms with Crippen LogP contribution in [0.5, 0.6) is 0 Å². The third-order valence-electron chi connectivity index (χ3n) is 2.44. The Hall–Kier alpha value is 0.470. The molecule has 1 rings (SSSR count). The van der Waals surface area contributed by atoms with E-state index in [-0.39, 0.29) is 0 Å². The highest BCUT2D eigenvalue weighted by atomic mass is 127. The monoisotopic (exact) mass is 250 g/mol. The fourth-order valence-corrected chi connectivity index (χ4v) is 2.46. The van der Waals surface area contributed by atoms with Gasteiger partial charge in [-0.15, -0.1) is 6.58 Å². The van der Waals surface area contributed by atoms with E-state index < -0.39 is 0 Å². The first-order valence-corrected chi connectivity index (χ1v) is 5.58. The minimum absolute atomic E-state index is 0.833. The zero-order valence-corrected chi connectivity index (χ0v) is 8.51. The van der Waals surface area contributed by atoms with Gasteiger partial charge in [0.1, 0.15) is 0 Å². The van der Waals surface area contributed by atoms with Crippen LogP contribution in [0.4, 0.5) is 0 Å². The lowest BCUT2D eigenvalue weighted by molar-refractivity contribution is 0.338. The fourth-order valence-electron chi connectivity index (χ4n) is 1.58. The van der Waals surface area contributed by atoms with Crippen molar-refractivity contribution in [3.8, 4) is 0 Å². The molecule has 58 valence electrons. The second-order valence-corrected chi connectivity index (χ2v) is 4.05. The molecule has 0 radical (unpaired) electrons. The summed E-state index contributed by atoms with van der Waals surface area (Å²) in [4.78, 5) is 0. The number of rotatable bonds is 2. The second kappa shape index (κ2) is 4.37. The molecule has 0 atom stereocenters. The molecule has 0 unspecified atom stereocenters. The molecule has 0 aromatic heterocycles. The lowest BCUT2D eigenvalue weighted by Gasteiger charge is -2.24. The van der Waals surface area contributed by atoms with Gasteiger partial charge in [0, 0.05) is 4.43 Å². The molecule has 1 heteroatoms. The van der Waals surface area contributed by atoms with Crippen molar-refractivity contribution in [3.05, 3.63) is 12.7 Å². The normalized spacial score (nSPS) is 33.7. The van der Waals surface area contributed by atoms with Gasteiger partial charge in [-0.25, -0.2) is 0 Å². The van der Waals surface area contributed by atoms with E-state index in [4.69, 9.17) is 0 Å². The van der Waals surface area contributed by atoms with Gasteiger partial charge in [0.05, 0.1) is 0 Å². The van der Waals surface area contributed by atoms with Crippen molar-refractivity contribution >= 4 is 22.6 Å². The predicted octanol–water partition coefficient (Wildman–Crippen LogP) is 3.41. The Balaban J connectivity index is 2.23. The summed E-state index contributed by atoms with van der Waals surface area (Å²) in [5, 5.41) is 0. The maximum atomic E-state index is 3.83. The van der Waals surface area contributed by atoms with Gasteiger partial charge in [-0.3, -0.25) is 0 Å². The number of allylic oxidation sites excluding steroid dienone is 1. The Morgan fingerprint density at radius 2 is 1.90 bits per heavy atom. The third-order valence-corrected chi connectivity index (χ3v) is 3.69. The smallest absolute Gasteiger partial charge is 0.00237 e. The van der Waals surface area contributed by atoms with E-state index in [9.17, 15) is 0 Å². The van der Waals surface area contributed by atoms with Crippen molar-refractivity contribution in [3.63, 3.8) is 0 Å². The fraction of sp³-hybridized carbons (Fsp3) is 0.778. The van der Waals surface area contributed by atoms with Crippen LogP contribution >= 0.6 is 22.6 Å². The molecule has 0 saturated heterocycles. The lowest BCUT2D eigenvalue weighted by atomic mass is 9.83. The standard InChI is InChI=1S/C9H15I/c1-2-8-3-5-9(7-10)6-4-8/h2,8-9H,1,3-7H2. The Morgan fingerprint density at radius 1 is 1.30 bits per heavy atom. The predicted molar refractivity (Wildman–Crippen MR) is 54.5 cm³/mol. The summed E-state index contributed by atoms with van der Waals surface area (Å²) < 4.78 is 1.35. The summed E-state index contributed by atoms with van der Waals surface area (Å²) >= 11 is 2.50. The molecule has 0 heterocycles. The largest absolute Gasteiger partial charge is 0.103 e. The molecule has 0 amide bonds. The van der Waals surface area contributed by atoms with Crippen molar-refractivity contribution in [1.29, 1.82) is 0 Å². The van der Waals surface area contributed by atoms with E-state index in [0.29, 0.717) is 0 Å². The van der Waals surface area contributed by atoms with Gasteiger partial charge in [0.15, 0.2) is 0 Å². The second-order valence-electron chi connectivity index (χ2n) is 3.17. The number of alkyl halides is 1. The van der Waals surface area contributed by atoms with E-state index in [1.165, 1.54) is 30.1 Å². The summed E-state index contributed by atoms with van der Waals surface area (Å²) in [6.45, 7) is 3.83. The van der Waals surface area contributed by atoms with Crippen LogP contribution in [0, 0.1) is 11.8 Å². The molecule has 0 nitrogen and oxygen atoms in total. The van der Waals surface area contributed by atoms with Crippen molar-refractivity contribution < 1.29 is 0 Å². The molecule has 0 aromatic carbocycles. The summed E-state index contributed by atoms with van der Waals surface area (Å²) in [6, 6.07) is 0. The van der Waals surface area contributed by atoms with Crippen molar-refractivity contribution in [2.24, 2.45) is 11.8 Å². The number of hydrogen-bond acceptors (Lipinski definition) is 0. The summed E-state index contributed by atoms with van der Waals surface area (Å²) in [7, 11) is 0. The Morgan fingerprint density at radius 3 is 2.30 bits per heavy atom. The van der Waals surface area contributed by atoms with Crippen LogP contribution in [-0.4, -0.2) is 4.43 Å². The van der Waals surface area contributed by atoms with Crippen LogP contribution in [-0.2, 0) is 0 Å². The van der Waals surface area contributed by atoms with Crippen LogP contribution in [0.15, 0.2) is 12.7 Å². The minimum atomic E-state index is 0.833. The Labute approximate surface area is 77.2 Å². The first-order valence-electron chi connectivity index (χ1n) is 4.05. The summed E-state index contributed by atoms with van der Waals surface area (Å²) in [5.41, 5.74) is 0. The maximum absolute atomic E-state index is 3.83. The zero-order chi connectivity index (χ0) is 7.40. The van der Waals surface area contributed by atoms with Gasteiger partial charge in [-0.1, -0.05) is 28.7 Å². The molecule has 1 saturated carbocycles. The summed E-state index contributed by atoms with van der Waals surface area (Å²) in [5.74, 6) is 1.84.